The van der Waals surface area contributed by atoms with Crippen molar-refractivity contribution in [3.8, 4) is 11.5 Å². The van der Waals surface area contributed by atoms with Crippen LogP contribution in [0.2, 0.25) is 5.02 Å². The first-order chi connectivity index (χ1) is 12.8. The second-order valence-electron chi connectivity index (χ2n) is 5.83. The number of hydrogen-bond acceptors (Lipinski definition) is 4. The predicted molar refractivity (Wildman–Crippen MR) is 118 cm³/mol. The number of rotatable bonds is 8. The standard InChI is InChI=1S/C21H21ClN2O2.2ClH/c1-25-21-11-16(12-24-14-17-5-4-10-23-13-17)8-9-20(21)26-15-18-6-2-3-7-19(18)22;;/h2-11,13,24H,12,14-15H2,1H3;2*1H. The number of benzene rings is 2. The maximum Gasteiger partial charge on any atom is 0.161 e. The van der Waals surface area contributed by atoms with E-state index in [1.165, 1.54) is 0 Å². The van der Waals surface area contributed by atoms with E-state index < -0.39 is 0 Å². The van der Waals surface area contributed by atoms with E-state index in [4.69, 9.17) is 21.1 Å². The van der Waals surface area contributed by atoms with E-state index in [0.717, 1.165) is 29.8 Å². The Morgan fingerprint density at radius 1 is 0.929 bits per heavy atom. The number of ether oxygens (including phenoxy) is 2. The van der Waals surface area contributed by atoms with E-state index in [9.17, 15) is 0 Å². The van der Waals surface area contributed by atoms with Crippen LogP contribution in [0.25, 0.3) is 0 Å². The fraction of sp³-hybridized carbons (Fsp3) is 0.190. The van der Waals surface area contributed by atoms with Gasteiger partial charge in [-0.15, -0.1) is 24.8 Å². The zero-order valence-corrected chi connectivity index (χ0v) is 17.8. The molecule has 0 bridgehead atoms. The van der Waals surface area contributed by atoms with Gasteiger partial charge in [-0.05, 0) is 35.4 Å². The SMILES string of the molecule is COc1cc(CNCc2cccnc2)ccc1OCc1ccccc1Cl.Cl.Cl. The molecule has 0 unspecified atom stereocenters. The Bertz CT molecular complexity index is 848. The van der Waals surface area contributed by atoms with Crippen LogP contribution in [0.3, 0.4) is 0 Å². The van der Waals surface area contributed by atoms with Gasteiger partial charge in [-0.25, -0.2) is 0 Å². The van der Waals surface area contributed by atoms with Gasteiger partial charge in [-0.2, -0.15) is 0 Å². The molecule has 0 aliphatic heterocycles. The van der Waals surface area contributed by atoms with E-state index in [0.29, 0.717) is 23.1 Å². The highest BCUT2D eigenvalue weighted by Crippen LogP contribution is 2.29. The van der Waals surface area contributed by atoms with E-state index in [2.05, 4.69) is 10.3 Å². The van der Waals surface area contributed by atoms with Crippen LogP contribution < -0.4 is 14.8 Å². The molecule has 0 atom stereocenters. The highest BCUT2D eigenvalue weighted by Gasteiger charge is 2.07. The van der Waals surface area contributed by atoms with Gasteiger partial charge < -0.3 is 14.8 Å². The normalized spacial score (nSPS) is 9.79. The van der Waals surface area contributed by atoms with Crippen molar-refractivity contribution in [1.82, 2.24) is 10.3 Å². The summed E-state index contributed by atoms with van der Waals surface area (Å²) in [5.74, 6) is 1.40. The molecule has 0 spiro atoms. The monoisotopic (exact) mass is 440 g/mol. The fourth-order valence-corrected chi connectivity index (χ4v) is 2.76. The summed E-state index contributed by atoms with van der Waals surface area (Å²) in [5, 5.41) is 4.10. The van der Waals surface area contributed by atoms with Gasteiger partial charge in [0.25, 0.3) is 0 Å². The first-order valence-corrected chi connectivity index (χ1v) is 8.77. The molecule has 0 saturated heterocycles. The van der Waals surface area contributed by atoms with Gasteiger partial charge in [0.1, 0.15) is 6.61 Å². The van der Waals surface area contributed by atoms with Crippen molar-refractivity contribution < 1.29 is 9.47 Å². The first kappa shape index (κ1) is 24.1. The largest absolute Gasteiger partial charge is 0.493 e. The van der Waals surface area contributed by atoms with Gasteiger partial charge in [-0.3, -0.25) is 4.98 Å². The average molecular weight is 442 g/mol. The first-order valence-electron chi connectivity index (χ1n) is 8.39. The Kier molecular flexibility index (Phi) is 10.7. The van der Waals surface area contributed by atoms with Crippen LogP contribution in [0, 0.1) is 0 Å². The third-order valence-electron chi connectivity index (χ3n) is 3.95. The van der Waals surface area contributed by atoms with Crippen LogP contribution in [0.5, 0.6) is 11.5 Å². The molecule has 2 aromatic carbocycles. The number of aromatic nitrogens is 1. The van der Waals surface area contributed by atoms with Gasteiger partial charge in [-0.1, -0.05) is 41.9 Å². The molecule has 1 aromatic heterocycles. The number of halogens is 3. The zero-order chi connectivity index (χ0) is 18.2. The lowest BCUT2D eigenvalue weighted by molar-refractivity contribution is 0.284. The third kappa shape index (κ3) is 6.88. The van der Waals surface area contributed by atoms with Gasteiger partial charge in [0.2, 0.25) is 0 Å². The van der Waals surface area contributed by atoms with Crippen LogP contribution in [-0.4, -0.2) is 12.1 Å². The summed E-state index contributed by atoms with van der Waals surface area (Å²) < 4.78 is 11.4. The molecule has 0 saturated carbocycles. The molecule has 0 aliphatic rings. The quantitative estimate of drug-likeness (QED) is 0.504. The van der Waals surface area contributed by atoms with E-state index in [-0.39, 0.29) is 24.8 Å². The summed E-state index contributed by atoms with van der Waals surface area (Å²) in [6, 6.07) is 17.6. The van der Waals surface area contributed by atoms with Gasteiger partial charge in [0, 0.05) is 36.1 Å². The van der Waals surface area contributed by atoms with Crippen LogP contribution in [-0.2, 0) is 19.7 Å². The second-order valence-corrected chi connectivity index (χ2v) is 6.24. The van der Waals surface area contributed by atoms with Gasteiger partial charge in [0.15, 0.2) is 11.5 Å². The Balaban J connectivity index is 0.00000196. The Hall–Kier alpha value is -1.98. The maximum atomic E-state index is 6.17. The third-order valence-corrected chi connectivity index (χ3v) is 4.32. The number of nitrogens with zero attached hydrogens (tertiary/aromatic N) is 1. The molecule has 0 radical (unpaired) electrons. The molecular formula is C21H23Cl3N2O2. The van der Waals surface area contributed by atoms with Crippen LogP contribution in [0.4, 0.5) is 0 Å². The van der Waals surface area contributed by atoms with Crippen LogP contribution in [0.1, 0.15) is 16.7 Å². The number of nitrogens with one attached hydrogen (secondary N) is 1. The maximum absolute atomic E-state index is 6.17. The Morgan fingerprint density at radius 2 is 1.71 bits per heavy atom. The number of hydrogen-bond donors (Lipinski definition) is 1. The molecule has 3 rings (SSSR count). The van der Waals surface area contributed by atoms with Crippen molar-refractivity contribution in [3.63, 3.8) is 0 Å². The minimum Gasteiger partial charge on any atom is -0.493 e. The smallest absolute Gasteiger partial charge is 0.161 e. The number of pyridine rings is 1. The van der Waals surface area contributed by atoms with E-state index >= 15 is 0 Å². The van der Waals surface area contributed by atoms with Crippen molar-refractivity contribution in [2.24, 2.45) is 0 Å². The Morgan fingerprint density at radius 3 is 2.43 bits per heavy atom. The Labute approximate surface area is 183 Å². The summed E-state index contributed by atoms with van der Waals surface area (Å²) in [4.78, 5) is 4.11. The predicted octanol–water partition coefficient (Wildman–Crippen LogP) is 5.46. The highest BCUT2D eigenvalue weighted by molar-refractivity contribution is 6.31. The van der Waals surface area contributed by atoms with Crippen molar-refractivity contribution in [3.05, 3.63) is 88.7 Å². The lowest BCUT2D eigenvalue weighted by Gasteiger charge is -2.13. The molecule has 28 heavy (non-hydrogen) atoms. The van der Waals surface area contributed by atoms with Gasteiger partial charge in [0.05, 0.1) is 7.11 Å². The molecule has 1 N–H and O–H groups in total. The summed E-state index contributed by atoms with van der Waals surface area (Å²) in [5.41, 5.74) is 3.22. The van der Waals surface area contributed by atoms with E-state index in [1.807, 2.05) is 60.8 Å². The molecule has 0 aliphatic carbocycles. The fourth-order valence-electron chi connectivity index (χ4n) is 2.57. The molecule has 7 heteroatoms. The van der Waals surface area contributed by atoms with Crippen molar-refractivity contribution in [1.29, 1.82) is 0 Å². The second kappa shape index (κ2) is 12.5. The summed E-state index contributed by atoms with van der Waals surface area (Å²) in [6.45, 7) is 1.89. The zero-order valence-electron chi connectivity index (χ0n) is 15.4. The molecule has 3 aromatic rings. The molecule has 1 heterocycles. The summed E-state index contributed by atoms with van der Waals surface area (Å²) in [6.07, 6.45) is 3.63. The minimum absolute atomic E-state index is 0. The molecule has 4 nitrogen and oxygen atoms in total. The molecular weight excluding hydrogens is 419 g/mol. The minimum atomic E-state index is 0. The topological polar surface area (TPSA) is 43.4 Å². The average Bonchev–Trinajstić information content (AvgIpc) is 2.68. The number of methoxy groups -OCH3 is 1. The van der Waals surface area contributed by atoms with Crippen LogP contribution in [0.15, 0.2) is 67.0 Å². The summed E-state index contributed by atoms with van der Waals surface area (Å²) >= 11 is 6.17. The van der Waals surface area contributed by atoms with E-state index in [1.54, 1.807) is 13.3 Å². The molecule has 0 amide bonds. The van der Waals surface area contributed by atoms with Crippen molar-refractivity contribution in [2.75, 3.05) is 7.11 Å². The lowest BCUT2D eigenvalue weighted by atomic mass is 10.2. The van der Waals surface area contributed by atoms with Crippen molar-refractivity contribution in [2.45, 2.75) is 19.7 Å². The summed E-state index contributed by atoms with van der Waals surface area (Å²) in [7, 11) is 1.64. The van der Waals surface area contributed by atoms with Gasteiger partial charge >= 0.3 is 0 Å². The lowest BCUT2D eigenvalue weighted by Crippen LogP contribution is -2.12. The van der Waals surface area contributed by atoms with Crippen molar-refractivity contribution >= 4 is 36.4 Å². The highest BCUT2D eigenvalue weighted by atomic mass is 35.5. The molecule has 150 valence electrons. The molecule has 0 fully saturated rings. The van der Waals surface area contributed by atoms with Crippen LogP contribution >= 0.6 is 36.4 Å².